The first kappa shape index (κ1) is 11.0. The lowest BCUT2D eigenvalue weighted by molar-refractivity contribution is 0.550. The highest BCUT2D eigenvalue weighted by Crippen LogP contribution is 2.51. The van der Waals surface area contributed by atoms with E-state index in [9.17, 15) is 0 Å². The van der Waals surface area contributed by atoms with Crippen molar-refractivity contribution in [2.75, 3.05) is 18.4 Å². The van der Waals surface area contributed by atoms with E-state index in [2.05, 4.69) is 20.6 Å². The molecule has 0 aromatic carbocycles. The summed E-state index contributed by atoms with van der Waals surface area (Å²) in [6, 6.07) is 2.58. The SMILES string of the molecule is Cc1cc(C)nc(NC[C@@H]2CC3(CC3)CN2)n1. The minimum absolute atomic E-state index is 0.585. The van der Waals surface area contributed by atoms with Crippen LogP contribution in [0.1, 0.15) is 30.7 Å². The van der Waals surface area contributed by atoms with Gasteiger partial charge in [-0.3, -0.25) is 0 Å². The van der Waals surface area contributed by atoms with Gasteiger partial charge in [-0.25, -0.2) is 9.97 Å². The molecule has 3 rings (SSSR count). The number of nitrogens with one attached hydrogen (secondary N) is 2. The molecule has 2 N–H and O–H groups in total. The predicted octanol–water partition coefficient (Wildman–Crippen LogP) is 1.65. The van der Waals surface area contributed by atoms with Crippen molar-refractivity contribution in [1.29, 1.82) is 0 Å². The average Bonchev–Trinajstić information content (AvgIpc) is 2.87. The summed E-state index contributed by atoms with van der Waals surface area (Å²) < 4.78 is 0. The molecule has 2 heterocycles. The van der Waals surface area contributed by atoms with Crippen molar-refractivity contribution in [3.05, 3.63) is 17.5 Å². The maximum absolute atomic E-state index is 4.40. The number of rotatable bonds is 3. The van der Waals surface area contributed by atoms with Gasteiger partial charge in [-0.1, -0.05) is 0 Å². The van der Waals surface area contributed by atoms with Gasteiger partial charge in [0.2, 0.25) is 5.95 Å². The Balaban J connectivity index is 1.56. The van der Waals surface area contributed by atoms with E-state index in [0.29, 0.717) is 11.5 Å². The van der Waals surface area contributed by atoms with Crippen LogP contribution in [0.4, 0.5) is 5.95 Å². The lowest BCUT2D eigenvalue weighted by Gasteiger charge is -2.12. The number of aryl methyl sites for hydroxylation is 2. The first-order valence-corrected chi connectivity index (χ1v) is 6.45. The third-order valence-electron chi connectivity index (χ3n) is 3.89. The molecule has 0 radical (unpaired) electrons. The van der Waals surface area contributed by atoms with E-state index in [1.807, 2.05) is 19.9 Å². The summed E-state index contributed by atoms with van der Waals surface area (Å²) in [6.07, 6.45) is 4.14. The van der Waals surface area contributed by atoms with E-state index in [-0.39, 0.29) is 0 Å². The smallest absolute Gasteiger partial charge is 0.223 e. The largest absolute Gasteiger partial charge is 0.353 e. The van der Waals surface area contributed by atoms with Crippen molar-refractivity contribution >= 4 is 5.95 Å². The standard InChI is InChI=1S/C13H20N4/c1-9-5-10(2)17-12(16-9)14-7-11-6-13(3-4-13)8-15-11/h5,11,15H,3-4,6-8H2,1-2H3,(H,14,16,17)/t11-/m0/s1. The summed E-state index contributed by atoms with van der Waals surface area (Å²) in [7, 11) is 0. The highest BCUT2D eigenvalue weighted by molar-refractivity contribution is 5.28. The second-order valence-electron chi connectivity index (χ2n) is 5.64. The minimum atomic E-state index is 0.585. The van der Waals surface area contributed by atoms with Crippen molar-refractivity contribution in [1.82, 2.24) is 15.3 Å². The first-order valence-electron chi connectivity index (χ1n) is 6.45. The van der Waals surface area contributed by atoms with Crippen molar-refractivity contribution in [2.24, 2.45) is 5.41 Å². The van der Waals surface area contributed by atoms with E-state index in [1.54, 1.807) is 0 Å². The second kappa shape index (κ2) is 3.95. The van der Waals surface area contributed by atoms with Gasteiger partial charge in [0.15, 0.2) is 0 Å². The van der Waals surface area contributed by atoms with Gasteiger partial charge in [-0.05, 0) is 44.6 Å². The van der Waals surface area contributed by atoms with Crippen LogP contribution in [0.15, 0.2) is 6.07 Å². The van der Waals surface area contributed by atoms with Crippen LogP contribution >= 0.6 is 0 Å². The van der Waals surface area contributed by atoms with E-state index < -0.39 is 0 Å². The Labute approximate surface area is 102 Å². The molecular weight excluding hydrogens is 212 g/mol. The Morgan fingerprint density at radius 1 is 1.35 bits per heavy atom. The molecule has 92 valence electrons. The zero-order valence-electron chi connectivity index (χ0n) is 10.6. The number of nitrogens with zero attached hydrogens (tertiary/aromatic N) is 2. The normalized spacial score (nSPS) is 25.2. The fourth-order valence-corrected chi connectivity index (χ4v) is 2.75. The average molecular weight is 232 g/mol. The summed E-state index contributed by atoms with van der Waals surface area (Å²) in [5.74, 6) is 0.765. The fourth-order valence-electron chi connectivity index (χ4n) is 2.75. The van der Waals surface area contributed by atoms with Crippen molar-refractivity contribution in [2.45, 2.75) is 39.2 Å². The van der Waals surface area contributed by atoms with Crippen LogP contribution in [-0.4, -0.2) is 29.1 Å². The Hall–Kier alpha value is -1.16. The van der Waals surface area contributed by atoms with Gasteiger partial charge in [0.25, 0.3) is 0 Å². The molecule has 4 heteroatoms. The van der Waals surface area contributed by atoms with Crippen molar-refractivity contribution < 1.29 is 0 Å². The maximum atomic E-state index is 4.40. The van der Waals surface area contributed by atoms with Gasteiger partial charge in [0, 0.05) is 30.5 Å². The Kier molecular flexibility index (Phi) is 2.54. The molecule has 4 nitrogen and oxygen atoms in total. The molecule has 2 fully saturated rings. The number of aromatic nitrogens is 2. The molecule has 1 atom stereocenters. The molecule has 17 heavy (non-hydrogen) atoms. The zero-order chi connectivity index (χ0) is 11.9. The fraction of sp³-hybridized carbons (Fsp3) is 0.692. The van der Waals surface area contributed by atoms with Crippen molar-refractivity contribution in [3.8, 4) is 0 Å². The molecule has 0 amide bonds. The molecule has 1 aliphatic carbocycles. The summed E-state index contributed by atoms with van der Waals surface area (Å²) >= 11 is 0. The first-order chi connectivity index (χ1) is 8.15. The molecule has 1 aromatic rings. The molecule has 1 aliphatic heterocycles. The lowest BCUT2D eigenvalue weighted by atomic mass is 10.0. The van der Waals surface area contributed by atoms with Crippen LogP contribution < -0.4 is 10.6 Å². The Bertz CT molecular complexity index is 405. The Morgan fingerprint density at radius 2 is 2.06 bits per heavy atom. The molecule has 0 unspecified atom stereocenters. The van der Waals surface area contributed by atoms with Gasteiger partial charge in [0.05, 0.1) is 0 Å². The molecule has 1 saturated heterocycles. The summed E-state index contributed by atoms with van der Waals surface area (Å²) in [4.78, 5) is 8.79. The molecule has 1 aromatic heterocycles. The van der Waals surface area contributed by atoms with E-state index in [1.165, 1.54) is 25.8 Å². The van der Waals surface area contributed by atoms with Crippen LogP contribution in [0.5, 0.6) is 0 Å². The second-order valence-corrected chi connectivity index (χ2v) is 5.64. The van der Waals surface area contributed by atoms with Crippen LogP contribution in [0.2, 0.25) is 0 Å². The third kappa shape index (κ3) is 2.41. The quantitative estimate of drug-likeness (QED) is 0.832. The van der Waals surface area contributed by atoms with E-state index >= 15 is 0 Å². The molecule has 0 bridgehead atoms. The summed E-state index contributed by atoms with van der Waals surface area (Å²) in [5.41, 5.74) is 2.71. The summed E-state index contributed by atoms with van der Waals surface area (Å²) in [5, 5.41) is 6.94. The Morgan fingerprint density at radius 3 is 2.65 bits per heavy atom. The number of anilines is 1. The highest BCUT2D eigenvalue weighted by atomic mass is 15.1. The van der Waals surface area contributed by atoms with Crippen LogP contribution in [-0.2, 0) is 0 Å². The molecule has 1 spiro atoms. The predicted molar refractivity (Wildman–Crippen MR) is 68.1 cm³/mol. The minimum Gasteiger partial charge on any atom is -0.353 e. The topological polar surface area (TPSA) is 49.8 Å². The monoisotopic (exact) mass is 232 g/mol. The maximum Gasteiger partial charge on any atom is 0.223 e. The van der Waals surface area contributed by atoms with Crippen LogP contribution in [0.3, 0.4) is 0 Å². The van der Waals surface area contributed by atoms with Gasteiger partial charge < -0.3 is 10.6 Å². The van der Waals surface area contributed by atoms with Gasteiger partial charge in [-0.2, -0.15) is 0 Å². The van der Waals surface area contributed by atoms with Gasteiger partial charge in [0.1, 0.15) is 0 Å². The molecule has 1 saturated carbocycles. The summed E-state index contributed by atoms with van der Waals surface area (Å²) in [6.45, 7) is 6.15. The van der Waals surface area contributed by atoms with Crippen LogP contribution in [0.25, 0.3) is 0 Å². The highest BCUT2D eigenvalue weighted by Gasteiger charge is 2.47. The number of hydrogen-bond donors (Lipinski definition) is 2. The number of hydrogen-bond acceptors (Lipinski definition) is 4. The molecular formula is C13H20N4. The van der Waals surface area contributed by atoms with E-state index in [4.69, 9.17) is 0 Å². The van der Waals surface area contributed by atoms with Gasteiger partial charge >= 0.3 is 0 Å². The van der Waals surface area contributed by atoms with Crippen molar-refractivity contribution in [3.63, 3.8) is 0 Å². The third-order valence-corrected chi connectivity index (χ3v) is 3.89. The van der Waals surface area contributed by atoms with E-state index in [0.717, 1.165) is 23.9 Å². The van der Waals surface area contributed by atoms with Gasteiger partial charge in [-0.15, -0.1) is 0 Å². The van der Waals surface area contributed by atoms with Crippen LogP contribution in [0, 0.1) is 19.3 Å². The molecule has 2 aliphatic rings. The lowest BCUT2D eigenvalue weighted by Crippen LogP contribution is -2.29. The zero-order valence-corrected chi connectivity index (χ0v) is 10.6.